The van der Waals surface area contributed by atoms with Crippen molar-refractivity contribution in [2.24, 2.45) is 0 Å². The first kappa shape index (κ1) is 17.6. The van der Waals surface area contributed by atoms with Crippen LogP contribution >= 0.6 is 0 Å². The number of aromatic nitrogens is 1. The normalized spacial score (nSPS) is 10.8. The zero-order valence-electron chi connectivity index (χ0n) is 13.0. The molecule has 2 aromatic rings. The second-order valence-electron chi connectivity index (χ2n) is 5.30. The van der Waals surface area contributed by atoms with E-state index in [1.807, 2.05) is 12.1 Å². The van der Waals surface area contributed by atoms with Crippen LogP contribution < -0.4 is 5.32 Å². The molecule has 0 aliphatic carbocycles. The number of rotatable bonds is 7. The van der Waals surface area contributed by atoms with Gasteiger partial charge in [0.2, 0.25) is 5.91 Å². The lowest BCUT2D eigenvalue weighted by atomic mass is 10.2. The molecule has 0 spiro atoms. The van der Waals surface area contributed by atoms with E-state index in [-0.39, 0.29) is 5.75 Å². The lowest BCUT2D eigenvalue weighted by Gasteiger charge is -2.07. The Morgan fingerprint density at radius 1 is 1.17 bits per heavy atom. The highest BCUT2D eigenvalue weighted by Gasteiger charge is 2.17. The van der Waals surface area contributed by atoms with Gasteiger partial charge in [0.25, 0.3) is 0 Å². The summed E-state index contributed by atoms with van der Waals surface area (Å²) in [5, 5.41) is 11.3. The third kappa shape index (κ3) is 5.82. The van der Waals surface area contributed by atoms with Crippen LogP contribution in [0.2, 0.25) is 0 Å². The quantitative estimate of drug-likeness (QED) is 0.815. The molecule has 1 heterocycles. The fourth-order valence-corrected chi connectivity index (χ4v) is 3.43. The summed E-state index contributed by atoms with van der Waals surface area (Å²) >= 11 is 0. The number of hydrogen-bond acceptors (Lipinski definition) is 5. The smallest absolute Gasteiger partial charge is 0.235 e. The van der Waals surface area contributed by atoms with Crippen molar-refractivity contribution in [3.8, 4) is 6.07 Å². The number of pyridine rings is 1. The van der Waals surface area contributed by atoms with Gasteiger partial charge in [-0.1, -0.05) is 18.2 Å². The second-order valence-corrected chi connectivity index (χ2v) is 7.37. The van der Waals surface area contributed by atoms with Gasteiger partial charge >= 0.3 is 0 Å². The van der Waals surface area contributed by atoms with E-state index in [2.05, 4.69) is 10.3 Å². The van der Waals surface area contributed by atoms with Gasteiger partial charge in [0.15, 0.2) is 9.84 Å². The SMILES string of the molecule is N#Cc1ccc(CS(=O)(=O)CC(=O)NCCc2cccnc2)cc1. The van der Waals surface area contributed by atoms with E-state index in [0.29, 0.717) is 24.1 Å². The van der Waals surface area contributed by atoms with Gasteiger partial charge in [-0.3, -0.25) is 9.78 Å². The van der Waals surface area contributed by atoms with Gasteiger partial charge < -0.3 is 5.32 Å². The van der Waals surface area contributed by atoms with Gasteiger partial charge in [0, 0.05) is 18.9 Å². The minimum atomic E-state index is -3.56. The molecule has 2 rings (SSSR count). The highest BCUT2D eigenvalue weighted by molar-refractivity contribution is 7.91. The predicted molar refractivity (Wildman–Crippen MR) is 89.6 cm³/mol. The molecule has 0 saturated heterocycles. The van der Waals surface area contributed by atoms with Gasteiger partial charge in [0.05, 0.1) is 17.4 Å². The first-order valence-corrected chi connectivity index (χ1v) is 9.16. The fourth-order valence-electron chi connectivity index (χ4n) is 2.12. The molecule has 1 aromatic carbocycles. The highest BCUT2D eigenvalue weighted by atomic mass is 32.2. The molecule has 124 valence electrons. The maximum absolute atomic E-state index is 12.1. The van der Waals surface area contributed by atoms with E-state index in [1.54, 1.807) is 42.7 Å². The van der Waals surface area contributed by atoms with Crippen LogP contribution in [0.4, 0.5) is 0 Å². The first-order chi connectivity index (χ1) is 11.5. The Bertz CT molecular complexity index is 826. The van der Waals surface area contributed by atoms with E-state index >= 15 is 0 Å². The van der Waals surface area contributed by atoms with Crippen LogP contribution in [0.15, 0.2) is 48.8 Å². The summed E-state index contributed by atoms with van der Waals surface area (Å²) in [6, 6.07) is 11.9. The summed E-state index contributed by atoms with van der Waals surface area (Å²) in [4.78, 5) is 15.8. The molecule has 6 nitrogen and oxygen atoms in total. The number of amides is 1. The number of sulfone groups is 1. The fraction of sp³-hybridized carbons (Fsp3) is 0.235. The van der Waals surface area contributed by atoms with Gasteiger partial charge in [-0.2, -0.15) is 5.26 Å². The van der Waals surface area contributed by atoms with Gasteiger partial charge in [0.1, 0.15) is 5.75 Å². The van der Waals surface area contributed by atoms with Crippen LogP contribution in [0.1, 0.15) is 16.7 Å². The second kappa shape index (κ2) is 8.22. The Kier molecular flexibility index (Phi) is 6.04. The van der Waals surface area contributed by atoms with Crippen molar-refractivity contribution in [2.45, 2.75) is 12.2 Å². The zero-order valence-corrected chi connectivity index (χ0v) is 13.8. The number of nitriles is 1. The first-order valence-electron chi connectivity index (χ1n) is 7.33. The third-order valence-corrected chi connectivity index (χ3v) is 4.75. The van der Waals surface area contributed by atoms with E-state index in [1.165, 1.54) is 0 Å². The Labute approximate surface area is 141 Å². The monoisotopic (exact) mass is 343 g/mol. The van der Waals surface area contributed by atoms with Crippen LogP contribution in [0.5, 0.6) is 0 Å². The van der Waals surface area contributed by atoms with Gasteiger partial charge in [-0.05, 0) is 35.7 Å². The Morgan fingerprint density at radius 2 is 1.92 bits per heavy atom. The molecule has 7 heteroatoms. The molecule has 24 heavy (non-hydrogen) atoms. The highest BCUT2D eigenvalue weighted by Crippen LogP contribution is 2.08. The molecule has 1 amide bonds. The van der Waals surface area contributed by atoms with Crippen molar-refractivity contribution < 1.29 is 13.2 Å². The summed E-state index contributed by atoms with van der Waals surface area (Å²) in [6.07, 6.45) is 3.96. The van der Waals surface area contributed by atoms with Gasteiger partial charge in [-0.25, -0.2) is 8.42 Å². The molecule has 0 saturated carbocycles. The average molecular weight is 343 g/mol. The lowest BCUT2D eigenvalue weighted by molar-refractivity contribution is -0.118. The summed E-state index contributed by atoms with van der Waals surface area (Å²) in [5.74, 6) is -1.30. The minimum absolute atomic E-state index is 0.227. The predicted octanol–water partition coefficient (Wildman–Crippen LogP) is 1.23. The molecule has 1 N–H and O–H groups in total. The van der Waals surface area contributed by atoms with Crippen LogP contribution in [-0.2, 0) is 26.8 Å². The van der Waals surface area contributed by atoms with Crippen molar-refractivity contribution in [2.75, 3.05) is 12.3 Å². The van der Waals surface area contributed by atoms with E-state index in [0.717, 1.165) is 5.56 Å². The molecule has 0 aliphatic rings. The van der Waals surface area contributed by atoms with Crippen LogP contribution in [-0.4, -0.2) is 31.6 Å². The molecule has 0 atom stereocenters. The van der Waals surface area contributed by atoms with Crippen LogP contribution in [0, 0.1) is 11.3 Å². The molecule has 0 fully saturated rings. The Morgan fingerprint density at radius 3 is 2.54 bits per heavy atom. The molecular weight excluding hydrogens is 326 g/mol. The van der Waals surface area contributed by atoms with E-state index < -0.39 is 21.5 Å². The zero-order chi connectivity index (χ0) is 17.4. The molecule has 0 bridgehead atoms. The van der Waals surface area contributed by atoms with E-state index in [4.69, 9.17) is 5.26 Å². The number of hydrogen-bond donors (Lipinski definition) is 1. The molecule has 0 aliphatic heterocycles. The molecule has 1 aromatic heterocycles. The number of nitrogens with one attached hydrogen (secondary N) is 1. The number of carbonyl (C=O) groups excluding carboxylic acids is 1. The summed E-state index contributed by atoms with van der Waals surface area (Å²) in [6.45, 7) is 0.358. The number of benzene rings is 1. The van der Waals surface area contributed by atoms with Crippen molar-refractivity contribution >= 4 is 15.7 Å². The average Bonchev–Trinajstić information content (AvgIpc) is 2.55. The Hall–Kier alpha value is -2.72. The maximum atomic E-state index is 12.1. The maximum Gasteiger partial charge on any atom is 0.235 e. The Balaban J connectivity index is 1.82. The van der Waals surface area contributed by atoms with Crippen molar-refractivity contribution in [3.05, 3.63) is 65.5 Å². The van der Waals surface area contributed by atoms with Crippen LogP contribution in [0.3, 0.4) is 0 Å². The largest absolute Gasteiger partial charge is 0.355 e. The third-order valence-electron chi connectivity index (χ3n) is 3.28. The molecular formula is C17H17N3O3S. The minimum Gasteiger partial charge on any atom is -0.355 e. The summed E-state index contributed by atoms with van der Waals surface area (Å²) in [7, 11) is -3.56. The summed E-state index contributed by atoms with van der Waals surface area (Å²) < 4.78 is 24.1. The van der Waals surface area contributed by atoms with Gasteiger partial charge in [-0.15, -0.1) is 0 Å². The van der Waals surface area contributed by atoms with Crippen molar-refractivity contribution in [3.63, 3.8) is 0 Å². The van der Waals surface area contributed by atoms with E-state index in [9.17, 15) is 13.2 Å². The number of carbonyl (C=O) groups is 1. The number of nitrogens with zero attached hydrogens (tertiary/aromatic N) is 2. The lowest BCUT2D eigenvalue weighted by Crippen LogP contribution is -2.32. The topological polar surface area (TPSA) is 99.9 Å². The van der Waals surface area contributed by atoms with Crippen LogP contribution in [0.25, 0.3) is 0 Å². The molecule has 0 unspecified atom stereocenters. The van der Waals surface area contributed by atoms with Crippen molar-refractivity contribution in [1.29, 1.82) is 5.26 Å². The summed E-state index contributed by atoms with van der Waals surface area (Å²) in [5.41, 5.74) is 1.99. The standard InChI is InChI=1S/C17H17N3O3S/c18-10-14-3-5-16(6-4-14)12-24(22,23)13-17(21)20-9-7-15-2-1-8-19-11-15/h1-6,8,11H,7,9,12-13H2,(H,20,21). The van der Waals surface area contributed by atoms with Crippen molar-refractivity contribution in [1.82, 2.24) is 10.3 Å². The molecule has 0 radical (unpaired) electrons.